The third kappa shape index (κ3) is 4.31. The topological polar surface area (TPSA) is 68.1 Å². The molecule has 5 nitrogen and oxygen atoms in total. The fourth-order valence-electron chi connectivity index (χ4n) is 1.05. The van der Waals surface area contributed by atoms with E-state index in [1.54, 1.807) is 11.8 Å². The number of pyridine rings is 1. The zero-order valence-corrected chi connectivity index (χ0v) is 9.57. The Balaban J connectivity index is 2.39. The van der Waals surface area contributed by atoms with Gasteiger partial charge in [-0.3, -0.25) is 10.1 Å². The number of aromatic nitrogens is 1. The van der Waals surface area contributed by atoms with E-state index < -0.39 is 4.92 Å². The Morgan fingerprint density at radius 1 is 1.69 bits per heavy atom. The molecule has 0 aliphatic carbocycles. The average Bonchev–Trinajstić information content (AvgIpc) is 2.29. The highest BCUT2D eigenvalue weighted by molar-refractivity contribution is 7.99. The van der Waals surface area contributed by atoms with Gasteiger partial charge in [-0.05, 0) is 0 Å². The first-order chi connectivity index (χ1) is 7.74. The zero-order valence-electron chi connectivity index (χ0n) is 8.76. The van der Waals surface area contributed by atoms with Gasteiger partial charge in [0.15, 0.2) is 0 Å². The van der Waals surface area contributed by atoms with Crippen molar-refractivity contribution in [1.29, 1.82) is 0 Å². The Bertz CT molecular complexity index is 371. The highest BCUT2D eigenvalue weighted by atomic mass is 32.2. The molecule has 0 bridgehead atoms. The maximum Gasteiger partial charge on any atom is 0.274 e. The summed E-state index contributed by atoms with van der Waals surface area (Å²) in [6.07, 6.45) is 3.27. The van der Waals surface area contributed by atoms with E-state index >= 15 is 0 Å². The minimum Gasteiger partial charge on any atom is -0.369 e. The molecule has 0 unspecified atom stereocenters. The highest BCUT2D eigenvalue weighted by Crippen LogP contribution is 2.14. The summed E-state index contributed by atoms with van der Waals surface area (Å²) in [6, 6.07) is 2.80. The number of thioether (sulfide) groups is 1. The SMILES string of the molecule is C=CCSCCNc1cc([N+](=O)[O-])ccn1. The molecule has 0 atom stereocenters. The van der Waals surface area contributed by atoms with Crippen molar-refractivity contribution in [1.82, 2.24) is 4.98 Å². The maximum atomic E-state index is 10.5. The van der Waals surface area contributed by atoms with E-state index in [2.05, 4.69) is 16.9 Å². The van der Waals surface area contributed by atoms with Crippen LogP contribution >= 0.6 is 11.8 Å². The first-order valence-electron chi connectivity index (χ1n) is 4.77. The molecule has 0 saturated heterocycles. The Morgan fingerprint density at radius 2 is 2.50 bits per heavy atom. The molecule has 0 spiro atoms. The van der Waals surface area contributed by atoms with Crippen molar-refractivity contribution in [3.63, 3.8) is 0 Å². The average molecular weight is 239 g/mol. The molecule has 0 amide bonds. The van der Waals surface area contributed by atoms with Gasteiger partial charge in [0.2, 0.25) is 0 Å². The Hall–Kier alpha value is -1.56. The quantitative estimate of drug-likeness (QED) is 0.342. The molecule has 0 aliphatic rings. The van der Waals surface area contributed by atoms with E-state index in [-0.39, 0.29) is 5.69 Å². The fraction of sp³-hybridized carbons (Fsp3) is 0.300. The van der Waals surface area contributed by atoms with Gasteiger partial charge in [0.05, 0.1) is 11.0 Å². The summed E-state index contributed by atoms with van der Waals surface area (Å²) in [6.45, 7) is 4.35. The number of nitrogens with zero attached hydrogens (tertiary/aromatic N) is 2. The number of rotatable bonds is 7. The molecule has 0 radical (unpaired) electrons. The standard InChI is InChI=1S/C10H13N3O2S/c1-2-6-16-7-5-12-10-8-9(13(14)15)3-4-11-10/h2-4,8H,1,5-7H2,(H,11,12). The summed E-state index contributed by atoms with van der Waals surface area (Å²) in [5.41, 5.74) is 0.0521. The lowest BCUT2D eigenvalue weighted by Crippen LogP contribution is -2.06. The van der Waals surface area contributed by atoms with Crippen LogP contribution < -0.4 is 5.32 Å². The largest absolute Gasteiger partial charge is 0.369 e. The van der Waals surface area contributed by atoms with Crippen LogP contribution in [-0.4, -0.2) is 28.0 Å². The molecule has 0 fully saturated rings. The summed E-state index contributed by atoms with van der Waals surface area (Å²) in [5.74, 6) is 2.36. The summed E-state index contributed by atoms with van der Waals surface area (Å²) in [4.78, 5) is 14.1. The molecule has 1 aromatic rings. The molecule has 1 N–H and O–H groups in total. The van der Waals surface area contributed by atoms with Crippen LogP contribution in [0.2, 0.25) is 0 Å². The van der Waals surface area contributed by atoms with Crippen molar-refractivity contribution >= 4 is 23.3 Å². The Kier molecular flexibility index (Phi) is 5.35. The van der Waals surface area contributed by atoms with E-state index in [9.17, 15) is 10.1 Å². The number of nitro groups is 1. The first-order valence-corrected chi connectivity index (χ1v) is 5.92. The van der Waals surface area contributed by atoms with Crippen molar-refractivity contribution in [3.8, 4) is 0 Å². The lowest BCUT2D eigenvalue weighted by molar-refractivity contribution is -0.384. The minimum atomic E-state index is -0.431. The number of anilines is 1. The van der Waals surface area contributed by atoms with E-state index in [1.165, 1.54) is 18.3 Å². The van der Waals surface area contributed by atoms with Crippen LogP contribution in [0.3, 0.4) is 0 Å². The normalized spacial score (nSPS) is 9.75. The second kappa shape index (κ2) is 6.84. The van der Waals surface area contributed by atoms with Crippen LogP contribution in [0.25, 0.3) is 0 Å². The highest BCUT2D eigenvalue weighted by Gasteiger charge is 2.05. The van der Waals surface area contributed by atoms with Crippen LogP contribution in [0.1, 0.15) is 0 Å². The number of hydrogen-bond donors (Lipinski definition) is 1. The van der Waals surface area contributed by atoms with Crippen molar-refractivity contribution < 1.29 is 4.92 Å². The second-order valence-electron chi connectivity index (χ2n) is 2.95. The van der Waals surface area contributed by atoms with Crippen LogP contribution in [0.15, 0.2) is 31.0 Å². The van der Waals surface area contributed by atoms with Gasteiger partial charge < -0.3 is 5.32 Å². The first kappa shape index (κ1) is 12.5. The predicted octanol–water partition coefficient (Wildman–Crippen LogP) is 2.32. The molecular formula is C10H13N3O2S. The van der Waals surface area contributed by atoms with E-state index in [0.29, 0.717) is 5.82 Å². The van der Waals surface area contributed by atoms with Gasteiger partial charge in [0.25, 0.3) is 5.69 Å². The van der Waals surface area contributed by atoms with Crippen LogP contribution in [0.4, 0.5) is 11.5 Å². The summed E-state index contributed by atoms with van der Waals surface area (Å²) in [5, 5.41) is 13.5. The van der Waals surface area contributed by atoms with Gasteiger partial charge >= 0.3 is 0 Å². The summed E-state index contributed by atoms with van der Waals surface area (Å²) in [7, 11) is 0. The summed E-state index contributed by atoms with van der Waals surface area (Å²) < 4.78 is 0. The predicted molar refractivity (Wildman–Crippen MR) is 66.9 cm³/mol. The Morgan fingerprint density at radius 3 is 3.19 bits per heavy atom. The fourth-order valence-corrected chi connectivity index (χ4v) is 1.63. The van der Waals surface area contributed by atoms with Crippen molar-refractivity contribution in [2.24, 2.45) is 0 Å². The molecule has 0 aliphatic heterocycles. The smallest absolute Gasteiger partial charge is 0.274 e. The number of nitrogens with one attached hydrogen (secondary N) is 1. The second-order valence-corrected chi connectivity index (χ2v) is 4.10. The lowest BCUT2D eigenvalue weighted by atomic mass is 10.4. The maximum absolute atomic E-state index is 10.5. The lowest BCUT2D eigenvalue weighted by Gasteiger charge is -2.03. The third-order valence-corrected chi connectivity index (χ3v) is 2.71. The van der Waals surface area contributed by atoms with Crippen LogP contribution in [0.5, 0.6) is 0 Å². The molecular weight excluding hydrogens is 226 g/mol. The van der Waals surface area contributed by atoms with Gasteiger partial charge in [-0.15, -0.1) is 6.58 Å². The van der Waals surface area contributed by atoms with Crippen LogP contribution in [-0.2, 0) is 0 Å². The Labute approximate surface area is 98.1 Å². The molecule has 1 aromatic heterocycles. The molecule has 1 rings (SSSR count). The van der Waals surface area contributed by atoms with E-state index in [4.69, 9.17) is 0 Å². The molecule has 1 heterocycles. The van der Waals surface area contributed by atoms with Crippen molar-refractivity contribution in [2.45, 2.75) is 0 Å². The molecule has 16 heavy (non-hydrogen) atoms. The third-order valence-electron chi connectivity index (χ3n) is 1.74. The molecule has 6 heteroatoms. The summed E-state index contributed by atoms with van der Waals surface area (Å²) >= 11 is 1.74. The minimum absolute atomic E-state index is 0.0521. The molecule has 86 valence electrons. The van der Waals surface area contributed by atoms with Gasteiger partial charge in [-0.25, -0.2) is 4.98 Å². The van der Waals surface area contributed by atoms with E-state index in [0.717, 1.165) is 18.1 Å². The zero-order chi connectivity index (χ0) is 11.8. The number of hydrogen-bond acceptors (Lipinski definition) is 5. The van der Waals surface area contributed by atoms with E-state index in [1.807, 2.05) is 6.08 Å². The van der Waals surface area contributed by atoms with Crippen molar-refractivity contribution in [2.75, 3.05) is 23.4 Å². The molecule has 0 saturated carbocycles. The van der Waals surface area contributed by atoms with Gasteiger partial charge in [0, 0.05) is 30.3 Å². The van der Waals surface area contributed by atoms with Crippen LogP contribution in [0, 0.1) is 10.1 Å². The molecule has 0 aromatic carbocycles. The van der Waals surface area contributed by atoms with Crippen molar-refractivity contribution in [3.05, 3.63) is 41.1 Å². The van der Waals surface area contributed by atoms with Gasteiger partial charge in [-0.1, -0.05) is 6.08 Å². The van der Waals surface area contributed by atoms with Gasteiger partial charge in [-0.2, -0.15) is 11.8 Å². The van der Waals surface area contributed by atoms with Gasteiger partial charge in [0.1, 0.15) is 5.82 Å². The monoisotopic (exact) mass is 239 g/mol.